The van der Waals surface area contributed by atoms with Crippen LogP contribution in [0.15, 0.2) is 54.6 Å². The first-order chi connectivity index (χ1) is 18.3. The number of amides is 5. The van der Waals surface area contributed by atoms with Crippen LogP contribution in [0.3, 0.4) is 0 Å². The molecule has 10 nitrogen and oxygen atoms in total. The fourth-order valence-electron chi connectivity index (χ4n) is 4.52. The zero-order valence-electron chi connectivity index (χ0n) is 21.9. The van der Waals surface area contributed by atoms with Crippen molar-refractivity contribution in [3.05, 3.63) is 65.7 Å². The zero-order valence-corrected chi connectivity index (χ0v) is 21.9. The maximum absolute atomic E-state index is 13.0. The number of aryl methyl sites for hydroxylation is 1. The molecule has 204 valence electrons. The van der Waals surface area contributed by atoms with Crippen molar-refractivity contribution in [2.45, 2.75) is 51.1 Å². The predicted molar refractivity (Wildman–Crippen MR) is 146 cm³/mol. The van der Waals surface area contributed by atoms with Crippen LogP contribution in [-0.2, 0) is 20.8 Å². The summed E-state index contributed by atoms with van der Waals surface area (Å²) in [5.74, 6) is -0.993. The number of urea groups is 1. The molecule has 0 saturated carbocycles. The number of para-hydroxylation sites is 1. The molecular formula is C28H38N6O4. The number of hydrogen-bond donors (Lipinski definition) is 4. The molecule has 10 heteroatoms. The summed E-state index contributed by atoms with van der Waals surface area (Å²) in [6, 6.07) is 15.2. The Morgan fingerprint density at radius 1 is 0.974 bits per heavy atom. The second kappa shape index (κ2) is 14.1. The average Bonchev–Trinajstić information content (AvgIpc) is 3.09. The summed E-state index contributed by atoms with van der Waals surface area (Å²) in [7, 11) is 0. The number of nitrogens with two attached hydrogens (primary N) is 2. The van der Waals surface area contributed by atoms with Crippen LogP contribution in [0.25, 0.3) is 0 Å². The van der Waals surface area contributed by atoms with Crippen molar-refractivity contribution >= 4 is 29.4 Å². The SMILES string of the molecule is Cc1ccccc1NC(=O)NCCCC[C@H](N)C(=O)N1CCC(=O)N([C@@H](Cc2ccccc2)C(N)=O)CC1. The lowest BCUT2D eigenvalue weighted by atomic mass is 10.0. The smallest absolute Gasteiger partial charge is 0.319 e. The lowest BCUT2D eigenvalue weighted by molar-refractivity contribution is -0.138. The quantitative estimate of drug-likeness (QED) is 0.332. The van der Waals surface area contributed by atoms with Gasteiger partial charge in [0, 0.05) is 44.7 Å². The van der Waals surface area contributed by atoms with E-state index in [2.05, 4.69) is 10.6 Å². The summed E-state index contributed by atoms with van der Waals surface area (Å²) in [4.78, 5) is 53.2. The third-order valence-corrected chi connectivity index (χ3v) is 6.75. The molecule has 6 N–H and O–H groups in total. The van der Waals surface area contributed by atoms with E-state index in [1.807, 2.05) is 61.5 Å². The van der Waals surface area contributed by atoms with E-state index in [1.54, 1.807) is 4.90 Å². The fourth-order valence-corrected chi connectivity index (χ4v) is 4.52. The molecule has 2 aromatic carbocycles. The highest BCUT2D eigenvalue weighted by atomic mass is 16.2. The molecule has 2 atom stereocenters. The van der Waals surface area contributed by atoms with Crippen LogP contribution in [0, 0.1) is 6.92 Å². The van der Waals surface area contributed by atoms with Crippen LogP contribution in [0.2, 0.25) is 0 Å². The van der Waals surface area contributed by atoms with E-state index in [-0.39, 0.29) is 43.9 Å². The monoisotopic (exact) mass is 522 g/mol. The highest BCUT2D eigenvalue weighted by Gasteiger charge is 2.32. The van der Waals surface area contributed by atoms with E-state index in [0.717, 1.165) is 16.8 Å². The van der Waals surface area contributed by atoms with Crippen molar-refractivity contribution < 1.29 is 19.2 Å². The Morgan fingerprint density at radius 2 is 1.68 bits per heavy atom. The van der Waals surface area contributed by atoms with Crippen LogP contribution >= 0.6 is 0 Å². The molecule has 1 aliphatic rings. The number of anilines is 1. The van der Waals surface area contributed by atoms with Crippen molar-refractivity contribution in [1.82, 2.24) is 15.1 Å². The number of nitrogens with one attached hydrogen (secondary N) is 2. The Hall–Kier alpha value is -3.92. The van der Waals surface area contributed by atoms with Gasteiger partial charge in [-0.05, 0) is 43.4 Å². The van der Waals surface area contributed by atoms with Gasteiger partial charge < -0.3 is 31.9 Å². The Kier molecular flexibility index (Phi) is 10.7. The molecule has 0 aliphatic carbocycles. The second-order valence-electron chi connectivity index (χ2n) is 9.57. The molecule has 38 heavy (non-hydrogen) atoms. The van der Waals surface area contributed by atoms with E-state index in [1.165, 1.54) is 4.90 Å². The number of primary amides is 1. The topological polar surface area (TPSA) is 151 Å². The Morgan fingerprint density at radius 3 is 2.39 bits per heavy atom. The highest BCUT2D eigenvalue weighted by Crippen LogP contribution is 2.15. The van der Waals surface area contributed by atoms with E-state index in [4.69, 9.17) is 11.5 Å². The zero-order chi connectivity index (χ0) is 27.5. The van der Waals surface area contributed by atoms with E-state index in [9.17, 15) is 19.2 Å². The van der Waals surface area contributed by atoms with Crippen LogP contribution in [0.1, 0.15) is 36.8 Å². The number of rotatable bonds is 11. The average molecular weight is 523 g/mol. The summed E-state index contributed by atoms with van der Waals surface area (Å²) >= 11 is 0. The Bertz CT molecular complexity index is 1110. The van der Waals surface area contributed by atoms with Gasteiger partial charge >= 0.3 is 6.03 Å². The minimum Gasteiger partial charge on any atom is -0.368 e. The number of nitrogens with zero attached hydrogens (tertiary/aromatic N) is 2. The van der Waals surface area contributed by atoms with Crippen LogP contribution in [0.4, 0.5) is 10.5 Å². The summed E-state index contributed by atoms with van der Waals surface area (Å²) in [6.07, 6.45) is 2.24. The number of unbranched alkanes of at least 4 members (excludes halogenated alkanes) is 1. The van der Waals surface area contributed by atoms with Crippen molar-refractivity contribution in [2.75, 3.05) is 31.5 Å². The highest BCUT2D eigenvalue weighted by molar-refractivity contribution is 5.90. The van der Waals surface area contributed by atoms with Gasteiger partial charge in [-0.1, -0.05) is 48.5 Å². The number of hydrogen-bond acceptors (Lipinski definition) is 5. The summed E-state index contributed by atoms with van der Waals surface area (Å²) in [6.45, 7) is 3.14. The van der Waals surface area contributed by atoms with Crippen LogP contribution in [0.5, 0.6) is 0 Å². The molecule has 1 fully saturated rings. The van der Waals surface area contributed by atoms with Gasteiger partial charge in [0.25, 0.3) is 0 Å². The van der Waals surface area contributed by atoms with Crippen LogP contribution < -0.4 is 22.1 Å². The van der Waals surface area contributed by atoms with E-state index in [0.29, 0.717) is 32.2 Å². The molecule has 2 aromatic rings. The maximum Gasteiger partial charge on any atom is 0.319 e. The predicted octanol–water partition coefficient (Wildman–Crippen LogP) is 1.77. The minimum absolute atomic E-state index is 0.108. The normalized spacial score (nSPS) is 15.4. The largest absolute Gasteiger partial charge is 0.368 e. The molecule has 1 aliphatic heterocycles. The summed E-state index contributed by atoms with van der Waals surface area (Å²) < 4.78 is 0. The summed E-state index contributed by atoms with van der Waals surface area (Å²) in [5, 5.41) is 5.63. The van der Waals surface area contributed by atoms with E-state index >= 15 is 0 Å². The van der Waals surface area contributed by atoms with Crippen molar-refractivity contribution in [3.63, 3.8) is 0 Å². The van der Waals surface area contributed by atoms with Crippen molar-refractivity contribution in [2.24, 2.45) is 11.5 Å². The lowest BCUT2D eigenvalue weighted by Gasteiger charge is -2.29. The van der Waals surface area contributed by atoms with Gasteiger partial charge in [0.1, 0.15) is 6.04 Å². The van der Waals surface area contributed by atoms with Gasteiger partial charge in [0.05, 0.1) is 6.04 Å². The third-order valence-electron chi connectivity index (χ3n) is 6.75. The van der Waals surface area contributed by atoms with E-state index < -0.39 is 18.0 Å². The fraction of sp³-hybridized carbons (Fsp3) is 0.429. The van der Waals surface area contributed by atoms with Crippen LogP contribution in [-0.4, -0.2) is 71.8 Å². The standard InChI is InChI=1S/C28H38N6O4/c1-20-9-5-6-13-23(20)32-28(38)31-15-8-7-12-22(29)27(37)33-16-14-25(35)34(18-17-33)24(26(30)36)19-21-10-3-2-4-11-21/h2-6,9-11,13,22,24H,7-8,12,14-19,29H2,1H3,(H2,30,36)(H2,31,32,38)/t22-,24-/m0/s1. The van der Waals surface area contributed by atoms with Gasteiger partial charge in [-0.3, -0.25) is 14.4 Å². The number of benzene rings is 2. The number of carbonyl (C=O) groups is 4. The molecule has 0 aromatic heterocycles. The minimum atomic E-state index is -0.774. The molecule has 0 unspecified atom stereocenters. The van der Waals surface area contributed by atoms with Gasteiger partial charge in [0.15, 0.2) is 0 Å². The summed E-state index contributed by atoms with van der Waals surface area (Å²) in [5.41, 5.74) is 14.5. The molecular weight excluding hydrogens is 484 g/mol. The maximum atomic E-state index is 13.0. The third kappa shape index (κ3) is 8.31. The van der Waals surface area contributed by atoms with Gasteiger partial charge in [-0.25, -0.2) is 4.79 Å². The van der Waals surface area contributed by atoms with Crippen molar-refractivity contribution in [1.29, 1.82) is 0 Å². The molecule has 0 radical (unpaired) electrons. The first-order valence-corrected chi connectivity index (χ1v) is 13.0. The first-order valence-electron chi connectivity index (χ1n) is 13.0. The Labute approximate surface area is 223 Å². The lowest BCUT2D eigenvalue weighted by Crippen LogP contribution is -2.50. The van der Waals surface area contributed by atoms with Gasteiger partial charge in [-0.15, -0.1) is 0 Å². The molecule has 1 heterocycles. The first kappa shape index (κ1) is 28.6. The Balaban J connectivity index is 1.42. The molecule has 1 saturated heterocycles. The van der Waals surface area contributed by atoms with Crippen molar-refractivity contribution in [3.8, 4) is 0 Å². The molecule has 0 spiro atoms. The number of carbonyl (C=O) groups excluding carboxylic acids is 4. The molecule has 0 bridgehead atoms. The molecule has 3 rings (SSSR count). The second-order valence-corrected chi connectivity index (χ2v) is 9.57. The van der Waals surface area contributed by atoms with Gasteiger partial charge in [-0.2, -0.15) is 0 Å². The molecule has 5 amide bonds. The van der Waals surface area contributed by atoms with Gasteiger partial charge in [0.2, 0.25) is 17.7 Å².